The van der Waals surface area contributed by atoms with E-state index in [1.165, 1.54) is 7.05 Å². The molecule has 3 aliphatic rings. The van der Waals surface area contributed by atoms with Crippen LogP contribution in [0.1, 0.15) is 0 Å². The van der Waals surface area contributed by atoms with Gasteiger partial charge in [-0.05, 0) is 158 Å². The lowest BCUT2D eigenvalue weighted by Gasteiger charge is -2.36. The van der Waals surface area contributed by atoms with Gasteiger partial charge in [-0.25, -0.2) is 4.90 Å². The quantitative estimate of drug-likeness (QED) is 0.0401. The number of likely N-dealkylation sites (tertiary alicyclic amines) is 1. The van der Waals surface area contributed by atoms with Crippen LogP contribution in [0.5, 0.6) is 23.0 Å². The smallest absolute Gasteiger partial charge is 0.238 e. The van der Waals surface area contributed by atoms with Crippen LogP contribution in [0.15, 0.2) is 194 Å². The molecule has 9 N–H and O–H groups in total. The van der Waals surface area contributed by atoms with Gasteiger partial charge >= 0.3 is 0 Å². The zero-order valence-corrected chi connectivity index (χ0v) is 39.8. The summed E-state index contributed by atoms with van der Waals surface area (Å²) in [4.78, 5) is 53.4. The Morgan fingerprint density at radius 2 is 0.767 bits per heavy atom. The van der Waals surface area contributed by atoms with Gasteiger partial charge in [0.05, 0.1) is 40.7 Å². The summed E-state index contributed by atoms with van der Waals surface area (Å²) in [5.74, 6) is -2.29. The molecule has 8 aromatic rings. The van der Waals surface area contributed by atoms with Crippen molar-refractivity contribution in [3.05, 3.63) is 194 Å². The normalized spacial score (nSPS) is 17.3. The van der Waals surface area contributed by atoms with E-state index in [1.807, 2.05) is 133 Å². The molecule has 0 spiro atoms. The van der Waals surface area contributed by atoms with Crippen molar-refractivity contribution in [2.75, 3.05) is 57.0 Å². The summed E-state index contributed by atoms with van der Waals surface area (Å²) in [6.07, 6.45) is 0. The Hall–Kier alpha value is -9.76. The minimum Gasteiger partial charge on any atom is -0.455 e. The second kappa shape index (κ2) is 20.3. The third-order valence-corrected chi connectivity index (χ3v) is 13.0. The number of amides is 4. The maximum Gasteiger partial charge on any atom is 0.238 e. The minimum absolute atomic E-state index is 0.370. The highest BCUT2D eigenvalue weighted by atomic mass is 16.5. The summed E-state index contributed by atoms with van der Waals surface area (Å²) in [6, 6.07) is 61.7. The van der Waals surface area contributed by atoms with E-state index in [1.54, 1.807) is 43.4 Å². The molecule has 2 heterocycles. The van der Waals surface area contributed by atoms with Gasteiger partial charge in [0.1, 0.15) is 17.2 Å². The Morgan fingerprint density at radius 1 is 0.411 bits per heavy atom. The van der Waals surface area contributed by atoms with Crippen LogP contribution in [-0.2, 0) is 19.2 Å². The molecular formula is C58H51N9O6. The molecule has 15 heteroatoms. The van der Waals surface area contributed by atoms with Gasteiger partial charge in [0.15, 0.2) is 5.75 Å². The molecule has 0 bridgehead atoms. The van der Waals surface area contributed by atoms with Crippen LogP contribution in [0.25, 0.3) is 0 Å². The maximum absolute atomic E-state index is 13.2. The van der Waals surface area contributed by atoms with E-state index in [9.17, 15) is 19.2 Å². The number of hydrogen-bond acceptors (Lipinski definition) is 13. The average Bonchev–Trinajstić information content (AvgIpc) is 3.71. The largest absolute Gasteiger partial charge is 0.455 e. The van der Waals surface area contributed by atoms with Crippen LogP contribution in [0, 0.1) is 23.7 Å². The third-order valence-electron chi connectivity index (χ3n) is 13.0. The highest BCUT2D eigenvalue weighted by Crippen LogP contribution is 2.57. The molecule has 4 unspecified atom stereocenters. The Balaban J connectivity index is 0.000000168. The predicted molar refractivity (Wildman–Crippen MR) is 287 cm³/mol. The second-order valence-corrected chi connectivity index (χ2v) is 17.7. The summed E-state index contributed by atoms with van der Waals surface area (Å²) < 4.78 is 11.9. The lowest BCUT2D eigenvalue weighted by Crippen LogP contribution is -2.50. The first kappa shape index (κ1) is 46.9. The third kappa shape index (κ3) is 10.0. The van der Waals surface area contributed by atoms with Crippen LogP contribution in [0.2, 0.25) is 0 Å². The fourth-order valence-electron chi connectivity index (χ4n) is 9.25. The molecule has 1 aliphatic carbocycles. The Morgan fingerprint density at radius 3 is 1.16 bits per heavy atom. The van der Waals surface area contributed by atoms with Crippen molar-refractivity contribution in [1.82, 2.24) is 4.90 Å². The van der Waals surface area contributed by atoms with Gasteiger partial charge in [0.2, 0.25) is 23.6 Å². The molecule has 2 aliphatic heterocycles. The lowest BCUT2D eigenvalue weighted by molar-refractivity contribution is -0.146. The zero-order chi connectivity index (χ0) is 50.6. The monoisotopic (exact) mass is 969 g/mol. The Bertz CT molecular complexity index is 3260. The highest BCUT2D eigenvalue weighted by molar-refractivity contribution is 6.27. The maximum atomic E-state index is 13.2. The molecule has 4 amide bonds. The topological polar surface area (TPSA) is 205 Å². The van der Waals surface area contributed by atoms with Gasteiger partial charge in [-0.1, -0.05) is 36.4 Å². The number of benzene rings is 8. The van der Waals surface area contributed by atoms with E-state index in [-0.39, 0.29) is 11.8 Å². The van der Waals surface area contributed by atoms with Crippen molar-refractivity contribution in [2.45, 2.75) is 0 Å². The number of carbonyl (C=O) groups excluding carboxylic acids is 4. The van der Waals surface area contributed by atoms with Gasteiger partial charge < -0.3 is 47.5 Å². The lowest BCUT2D eigenvalue weighted by atomic mass is 9.59. The number of nitrogens with zero attached hydrogens (tertiary/aromatic N) is 2. The molecule has 15 nitrogen and oxygen atoms in total. The standard InChI is InChI=1S/C30H27N5O.C28H24N4O5/c31-21-6-19-30(29(32)20-21)36-28-17-15-27(16-18-28)35-26-13-11-25(12-14-26)34-24-9-7-23(8-10-24)33-22-4-2-1-3-5-22;1-29-19-14-17(32-27(35)23-21-22(24(23)28(32)36)26(34)31(2)25(21)33)10-13-20(19)37-18-11-8-16(9-12-18)30-15-6-4-3-5-7-15/h1-20,33-35H,31-32H2;3-14,21-24,29-30H,1-2H3. The SMILES string of the molecule is CNc1cc(N2C(=O)C3C4C(=O)N(C)C(=O)C4C3C2=O)ccc1Oc1ccc(Nc2ccccc2)cc1.Nc1ccc(Oc2ccc(Nc3ccc(Nc4ccc(Nc5ccccc5)cc4)cc3)cc2)c(N)c1. The Kier molecular flexibility index (Phi) is 13.1. The van der Waals surface area contributed by atoms with Crippen molar-refractivity contribution in [1.29, 1.82) is 0 Å². The first-order valence-electron chi connectivity index (χ1n) is 23.6. The molecule has 2 saturated heterocycles. The summed E-state index contributed by atoms with van der Waals surface area (Å²) in [6.45, 7) is 0. The van der Waals surface area contributed by atoms with Crippen LogP contribution < -0.4 is 52.4 Å². The molecule has 3 fully saturated rings. The van der Waals surface area contributed by atoms with E-state index in [0.717, 1.165) is 55.3 Å². The number of nitrogens with two attached hydrogens (primary N) is 2. The van der Waals surface area contributed by atoms with Gasteiger partial charge in [-0.2, -0.15) is 0 Å². The van der Waals surface area contributed by atoms with Crippen LogP contribution in [0.3, 0.4) is 0 Å². The average molecular weight is 970 g/mol. The molecule has 0 aromatic heterocycles. The molecule has 73 heavy (non-hydrogen) atoms. The van der Waals surface area contributed by atoms with Gasteiger partial charge in [0, 0.05) is 65.3 Å². The van der Waals surface area contributed by atoms with Gasteiger partial charge in [0.25, 0.3) is 0 Å². The van der Waals surface area contributed by atoms with Gasteiger partial charge in [-0.3, -0.25) is 24.1 Å². The number of para-hydroxylation sites is 2. The van der Waals surface area contributed by atoms with Crippen molar-refractivity contribution < 1.29 is 28.7 Å². The first-order valence-corrected chi connectivity index (χ1v) is 23.6. The van der Waals surface area contributed by atoms with E-state index in [4.69, 9.17) is 20.9 Å². The predicted octanol–water partition coefficient (Wildman–Crippen LogP) is 11.5. The molecule has 11 rings (SSSR count). The first-order chi connectivity index (χ1) is 35.5. The number of imide groups is 2. The summed E-state index contributed by atoms with van der Waals surface area (Å²) in [7, 11) is 3.12. The van der Waals surface area contributed by atoms with Crippen molar-refractivity contribution in [3.63, 3.8) is 0 Å². The summed E-state index contributed by atoms with van der Waals surface area (Å²) >= 11 is 0. The van der Waals surface area contributed by atoms with E-state index in [2.05, 4.69) is 50.8 Å². The van der Waals surface area contributed by atoms with E-state index >= 15 is 0 Å². The van der Waals surface area contributed by atoms with Crippen LogP contribution in [0.4, 0.5) is 68.2 Å². The number of nitrogens with one attached hydrogen (secondary N) is 5. The van der Waals surface area contributed by atoms with Crippen molar-refractivity contribution in [2.24, 2.45) is 23.7 Å². The Labute approximate surface area is 421 Å². The van der Waals surface area contributed by atoms with Gasteiger partial charge in [-0.15, -0.1) is 0 Å². The highest BCUT2D eigenvalue weighted by Gasteiger charge is 2.73. The number of anilines is 12. The molecule has 1 saturated carbocycles. The van der Waals surface area contributed by atoms with Crippen LogP contribution in [-0.4, -0.2) is 42.6 Å². The molecule has 364 valence electrons. The number of nitrogen functional groups attached to an aromatic ring is 2. The number of hydrogen-bond donors (Lipinski definition) is 7. The number of rotatable bonds is 14. The molecular weight excluding hydrogens is 919 g/mol. The van der Waals surface area contributed by atoms with Crippen molar-refractivity contribution in [3.8, 4) is 23.0 Å². The fourth-order valence-corrected chi connectivity index (χ4v) is 9.25. The summed E-state index contributed by atoms with van der Waals surface area (Å²) in [5.41, 5.74) is 21.7. The van der Waals surface area contributed by atoms with Crippen molar-refractivity contribution >= 4 is 91.9 Å². The van der Waals surface area contributed by atoms with E-state index < -0.39 is 35.5 Å². The molecule has 8 aromatic carbocycles. The second-order valence-electron chi connectivity index (χ2n) is 17.7. The summed E-state index contributed by atoms with van der Waals surface area (Å²) in [5, 5.41) is 16.6. The zero-order valence-electron chi connectivity index (χ0n) is 39.8. The van der Waals surface area contributed by atoms with E-state index in [0.29, 0.717) is 45.7 Å². The molecule has 0 radical (unpaired) electrons. The number of ether oxygens (including phenoxy) is 2. The molecule has 4 atom stereocenters. The minimum atomic E-state index is -0.782. The number of fused-ring (bicyclic) bond motifs is 4. The van der Waals surface area contributed by atoms with Crippen LogP contribution >= 0.6 is 0 Å². The fraction of sp³-hybridized carbons (Fsp3) is 0.103. The number of carbonyl (C=O) groups is 4.